The zero-order chi connectivity index (χ0) is 21.8. The van der Waals surface area contributed by atoms with Gasteiger partial charge in [0, 0.05) is 42.6 Å². The number of methoxy groups -OCH3 is 1. The van der Waals surface area contributed by atoms with Gasteiger partial charge in [0.2, 0.25) is 0 Å². The molecule has 158 valence electrons. The molecule has 0 aliphatic carbocycles. The molecule has 31 heavy (non-hydrogen) atoms. The third kappa shape index (κ3) is 4.91. The van der Waals surface area contributed by atoms with Crippen LogP contribution in [-0.4, -0.2) is 45.2 Å². The van der Waals surface area contributed by atoms with E-state index in [2.05, 4.69) is 0 Å². The van der Waals surface area contributed by atoms with E-state index in [1.807, 2.05) is 71.6 Å². The van der Waals surface area contributed by atoms with Crippen LogP contribution in [0.25, 0.3) is 23.0 Å². The Labute approximate surface area is 195 Å². The minimum atomic E-state index is -0.0828. The van der Waals surface area contributed by atoms with E-state index in [9.17, 15) is 4.79 Å². The molecule has 0 saturated carbocycles. The number of benzene rings is 2. The molecule has 3 aromatic rings. The fourth-order valence-corrected chi connectivity index (χ4v) is 4.66. The molecule has 0 atom stereocenters. The average molecular weight is 470 g/mol. The third-order valence-corrected chi connectivity index (χ3v) is 6.40. The standard InChI is InChI=1S/C23H20ClN3O2S2/c1-29-13-5-12-26-22(28)20(31-23(26)30)14-17-15-27(19-6-3-2-4-7-19)25-21(17)16-8-10-18(24)11-9-16/h2-4,6-11,14-15H,5,12-13H2,1H3/b20-14+. The Morgan fingerprint density at radius 1 is 1.16 bits per heavy atom. The fourth-order valence-electron chi connectivity index (χ4n) is 3.24. The molecule has 4 rings (SSSR count). The van der Waals surface area contributed by atoms with Gasteiger partial charge < -0.3 is 4.74 Å². The Hall–Kier alpha value is -2.45. The number of aromatic nitrogens is 2. The molecule has 2 heterocycles. The van der Waals surface area contributed by atoms with Gasteiger partial charge in [0.15, 0.2) is 0 Å². The van der Waals surface area contributed by atoms with Gasteiger partial charge in [-0.05, 0) is 36.8 Å². The van der Waals surface area contributed by atoms with Gasteiger partial charge in [-0.3, -0.25) is 9.69 Å². The zero-order valence-electron chi connectivity index (χ0n) is 16.8. The summed E-state index contributed by atoms with van der Waals surface area (Å²) in [5.74, 6) is -0.0828. The van der Waals surface area contributed by atoms with Gasteiger partial charge in [0.05, 0.1) is 16.3 Å². The molecule has 0 radical (unpaired) electrons. The van der Waals surface area contributed by atoms with Crippen LogP contribution in [0, 0.1) is 0 Å². The summed E-state index contributed by atoms with van der Waals surface area (Å²) >= 11 is 12.8. The Morgan fingerprint density at radius 3 is 2.61 bits per heavy atom. The zero-order valence-corrected chi connectivity index (χ0v) is 19.2. The fraction of sp³-hybridized carbons (Fsp3) is 0.174. The maximum Gasteiger partial charge on any atom is 0.266 e. The van der Waals surface area contributed by atoms with Gasteiger partial charge in [-0.2, -0.15) is 5.10 Å². The predicted molar refractivity (Wildman–Crippen MR) is 130 cm³/mol. The highest BCUT2D eigenvalue weighted by atomic mass is 35.5. The SMILES string of the molecule is COCCCN1C(=O)/C(=C\c2cn(-c3ccccc3)nc2-c2ccc(Cl)cc2)SC1=S. The smallest absolute Gasteiger partial charge is 0.266 e. The van der Waals surface area contributed by atoms with Gasteiger partial charge in [-0.25, -0.2) is 4.68 Å². The van der Waals surface area contributed by atoms with Crippen LogP contribution in [-0.2, 0) is 9.53 Å². The van der Waals surface area contributed by atoms with Crippen molar-refractivity contribution in [3.8, 4) is 16.9 Å². The van der Waals surface area contributed by atoms with Crippen LogP contribution >= 0.6 is 35.6 Å². The molecule has 8 heteroatoms. The molecule has 1 saturated heterocycles. The monoisotopic (exact) mass is 469 g/mol. The number of thiocarbonyl (C=S) groups is 1. The van der Waals surface area contributed by atoms with Crippen LogP contribution in [0.1, 0.15) is 12.0 Å². The predicted octanol–water partition coefficient (Wildman–Crippen LogP) is 5.43. The van der Waals surface area contributed by atoms with E-state index in [1.165, 1.54) is 11.8 Å². The lowest BCUT2D eigenvalue weighted by molar-refractivity contribution is -0.122. The Bertz CT molecular complexity index is 1130. The molecule has 2 aromatic carbocycles. The summed E-state index contributed by atoms with van der Waals surface area (Å²) in [7, 11) is 1.65. The molecular formula is C23H20ClN3O2S2. The summed E-state index contributed by atoms with van der Waals surface area (Å²) in [5, 5.41) is 5.45. The van der Waals surface area contributed by atoms with Crippen molar-refractivity contribution in [2.24, 2.45) is 0 Å². The number of halogens is 1. The lowest BCUT2D eigenvalue weighted by Crippen LogP contribution is -2.29. The topological polar surface area (TPSA) is 47.4 Å². The van der Waals surface area contributed by atoms with Crippen molar-refractivity contribution in [1.29, 1.82) is 0 Å². The van der Waals surface area contributed by atoms with Crippen molar-refractivity contribution in [3.63, 3.8) is 0 Å². The number of hydrogen-bond donors (Lipinski definition) is 0. The number of carbonyl (C=O) groups excluding carboxylic acids is 1. The number of ether oxygens (including phenoxy) is 1. The molecule has 0 spiro atoms. The summed E-state index contributed by atoms with van der Waals surface area (Å²) in [6, 6.07) is 17.4. The highest BCUT2D eigenvalue weighted by molar-refractivity contribution is 8.26. The van der Waals surface area contributed by atoms with Gasteiger partial charge in [0.25, 0.3) is 5.91 Å². The number of carbonyl (C=O) groups is 1. The largest absolute Gasteiger partial charge is 0.385 e. The first-order valence-electron chi connectivity index (χ1n) is 9.72. The molecule has 0 N–H and O–H groups in total. The Balaban J connectivity index is 1.71. The molecule has 1 aromatic heterocycles. The number of rotatable bonds is 7. The van der Waals surface area contributed by atoms with E-state index in [1.54, 1.807) is 12.0 Å². The lowest BCUT2D eigenvalue weighted by atomic mass is 10.1. The van der Waals surface area contributed by atoms with Crippen LogP contribution < -0.4 is 0 Å². The number of hydrogen-bond acceptors (Lipinski definition) is 5. The van der Waals surface area contributed by atoms with E-state index in [0.29, 0.717) is 27.4 Å². The maximum absolute atomic E-state index is 12.9. The van der Waals surface area contributed by atoms with E-state index in [0.717, 1.165) is 28.9 Å². The third-order valence-electron chi connectivity index (χ3n) is 4.77. The lowest BCUT2D eigenvalue weighted by Gasteiger charge is -2.13. The van der Waals surface area contributed by atoms with Gasteiger partial charge in [0.1, 0.15) is 4.32 Å². The molecule has 1 fully saturated rings. The van der Waals surface area contributed by atoms with Crippen LogP contribution in [0.15, 0.2) is 65.7 Å². The normalized spacial score (nSPS) is 15.3. The molecule has 1 aliphatic rings. The summed E-state index contributed by atoms with van der Waals surface area (Å²) in [6.07, 6.45) is 4.53. The second-order valence-corrected chi connectivity index (χ2v) is 9.01. The first-order chi connectivity index (χ1) is 15.1. The molecule has 1 amide bonds. The van der Waals surface area contributed by atoms with E-state index >= 15 is 0 Å². The van der Waals surface area contributed by atoms with Crippen LogP contribution in [0.4, 0.5) is 0 Å². The minimum Gasteiger partial charge on any atom is -0.385 e. The van der Waals surface area contributed by atoms with Gasteiger partial charge >= 0.3 is 0 Å². The van der Waals surface area contributed by atoms with Gasteiger partial charge in [-0.1, -0.05) is 65.9 Å². The number of thioether (sulfide) groups is 1. The minimum absolute atomic E-state index is 0.0828. The second-order valence-electron chi connectivity index (χ2n) is 6.90. The van der Waals surface area contributed by atoms with Crippen molar-refractivity contribution in [2.75, 3.05) is 20.3 Å². The quantitative estimate of drug-likeness (QED) is 0.262. The summed E-state index contributed by atoms with van der Waals surface area (Å²) < 4.78 is 7.47. The molecule has 5 nitrogen and oxygen atoms in total. The van der Waals surface area contributed by atoms with Crippen molar-refractivity contribution in [2.45, 2.75) is 6.42 Å². The van der Waals surface area contributed by atoms with E-state index in [-0.39, 0.29) is 5.91 Å². The summed E-state index contributed by atoms with van der Waals surface area (Å²) in [4.78, 5) is 15.2. The van der Waals surface area contributed by atoms with Crippen molar-refractivity contribution < 1.29 is 9.53 Å². The Morgan fingerprint density at radius 2 is 1.90 bits per heavy atom. The number of amides is 1. The molecule has 1 aliphatic heterocycles. The molecular weight excluding hydrogens is 450 g/mol. The van der Waals surface area contributed by atoms with Crippen molar-refractivity contribution in [3.05, 3.63) is 76.3 Å². The molecule has 0 bridgehead atoms. The maximum atomic E-state index is 12.9. The average Bonchev–Trinajstić information content (AvgIpc) is 3.31. The number of para-hydroxylation sites is 1. The highest BCUT2D eigenvalue weighted by Crippen LogP contribution is 2.35. The van der Waals surface area contributed by atoms with E-state index in [4.69, 9.17) is 33.7 Å². The van der Waals surface area contributed by atoms with Crippen molar-refractivity contribution >= 4 is 51.9 Å². The highest BCUT2D eigenvalue weighted by Gasteiger charge is 2.32. The van der Waals surface area contributed by atoms with Gasteiger partial charge in [-0.15, -0.1) is 0 Å². The Kier molecular flexibility index (Phi) is 6.87. The van der Waals surface area contributed by atoms with Crippen molar-refractivity contribution in [1.82, 2.24) is 14.7 Å². The van der Waals surface area contributed by atoms with Crippen LogP contribution in [0.5, 0.6) is 0 Å². The van der Waals surface area contributed by atoms with E-state index < -0.39 is 0 Å². The van der Waals surface area contributed by atoms with Crippen LogP contribution in [0.3, 0.4) is 0 Å². The summed E-state index contributed by atoms with van der Waals surface area (Å²) in [5.41, 5.74) is 3.46. The van der Waals surface area contributed by atoms with Crippen LogP contribution in [0.2, 0.25) is 5.02 Å². The first kappa shape index (κ1) is 21.8. The number of nitrogens with zero attached hydrogens (tertiary/aromatic N) is 3. The first-order valence-corrected chi connectivity index (χ1v) is 11.3. The second kappa shape index (κ2) is 9.78. The summed E-state index contributed by atoms with van der Waals surface area (Å²) in [6.45, 7) is 1.13. The molecule has 0 unspecified atom stereocenters.